The van der Waals surface area contributed by atoms with Gasteiger partial charge in [-0.15, -0.1) is 0 Å². The van der Waals surface area contributed by atoms with Gasteiger partial charge < -0.3 is 11.5 Å². The van der Waals surface area contributed by atoms with E-state index in [0.29, 0.717) is 6.54 Å². The maximum atomic E-state index is 12.7. The smallest absolute Gasteiger partial charge is 0.314 e. The number of nitro groups is 1. The summed E-state index contributed by atoms with van der Waals surface area (Å²) < 4.78 is 25.4. The highest BCUT2D eigenvalue weighted by Crippen LogP contribution is 2.30. The van der Waals surface area contributed by atoms with Crippen LogP contribution in [0.15, 0.2) is 66.7 Å². The van der Waals surface area contributed by atoms with E-state index in [0.717, 1.165) is 11.6 Å². The first-order valence-electron chi connectivity index (χ1n) is 8.42. The molecule has 4 N–H and O–H groups in total. The molecular weight excluding hydrogens is 366 g/mol. The van der Waals surface area contributed by atoms with E-state index in [1.54, 1.807) is 30.3 Å². The number of alkyl halides is 2. The summed E-state index contributed by atoms with van der Waals surface area (Å²) in [4.78, 5) is 13.7. The number of aromatic nitrogens is 1. The number of anilines is 1. The van der Waals surface area contributed by atoms with Gasteiger partial charge in [0, 0.05) is 18.5 Å². The molecule has 0 saturated carbocycles. The molecule has 0 atom stereocenters. The van der Waals surface area contributed by atoms with Crippen LogP contribution in [0.4, 0.5) is 20.3 Å². The van der Waals surface area contributed by atoms with Crippen molar-refractivity contribution in [2.24, 2.45) is 5.73 Å². The first kappa shape index (κ1) is 20.9. The summed E-state index contributed by atoms with van der Waals surface area (Å²) in [5.41, 5.74) is 11.9. The van der Waals surface area contributed by atoms with Crippen LogP contribution in [0.1, 0.15) is 28.8 Å². The number of nitrogens with zero attached hydrogens (tertiary/aromatic N) is 2. The third-order valence-corrected chi connectivity index (χ3v) is 3.84. The van der Waals surface area contributed by atoms with Crippen LogP contribution in [-0.4, -0.2) is 9.91 Å². The third-order valence-electron chi connectivity index (χ3n) is 3.84. The van der Waals surface area contributed by atoms with Gasteiger partial charge in [0.2, 0.25) is 5.82 Å². The number of hydrogen-bond donors (Lipinski definition) is 2. The number of nitrogens with two attached hydrogens (primary N) is 2. The molecule has 0 bridgehead atoms. The van der Waals surface area contributed by atoms with Crippen molar-refractivity contribution < 1.29 is 13.7 Å². The summed E-state index contributed by atoms with van der Waals surface area (Å²) in [5.74, 6) is -0.487. The zero-order valence-corrected chi connectivity index (χ0v) is 15.0. The predicted molar refractivity (Wildman–Crippen MR) is 104 cm³/mol. The van der Waals surface area contributed by atoms with E-state index in [4.69, 9.17) is 11.5 Å². The first-order chi connectivity index (χ1) is 13.4. The Hall–Kier alpha value is -3.39. The van der Waals surface area contributed by atoms with Crippen LogP contribution in [0.3, 0.4) is 0 Å². The SMILES string of the molecule is NCc1ccccc1.Nc1nc(C(F)F)cc(Cc2ccccc2)c1[N+](=O)[O-]. The van der Waals surface area contributed by atoms with E-state index >= 15 is 0 Å². The Bertz CT molecular complexity index is 907. The van der Waals surface area contributed by atoms with Crippen molar-refractivity contribution in [1.82, 2.24) is 4.98 Å². The van der Waals surface area contributed by atoms with Gasteiger partial charge in [0.05, 0.1) is 4.92 Å². The van der Waals surface area contributed by atoms with Crippen LogP contribution < -0.4 is 11.5 Å². The monoisotopic (exact) mass is 386 g/mol. The Kier molecular flexibility index (Phi) is 7.53. The maximum Gasteiger partial charge on any atom is 0.314 e. The Balaban J connectivity index is 0.000000292. The van der Waals surface area contributed by atoms with Gasteiger partial charge in [0.1, 0.15) is 5.69 Å². The van der Waals surface area contributed by atoms with Crippen LogP contribution in [-0.2, 0) is 13.0 Å². The molecule has 8 heteroatoms. The van der Waals surface area contributed by atoms with Crippen molar-refractivity contribution in [2.75, 3.05) is 5.73 Å². The van der Waals surface area contributed by atoms with Gasteiger partial charge in [-0.1, -0.05) is 60.7 Å². The van der Waals surface area contributed by atoms with Gasteiger partial charge in [-0.25, -0.2) is 13.8 Å². The third kappa shape index (κ3) is 5.82. The molecule has 1 heterocycles. The maximum absolute atomic E-state index is 12.7. The largest absolute Gasteiger partial charge is 0.378 e. The minimum Gasteiger partial charge on any atom is -0.378 e. The molecule has 1 aromatic heterocycles. The fraction of sp³-hybridized carbons (Fsp3) is 0.150. The van der Waals surface area contributed by atoms with Crippen molar-refractivity contribution in [3.05, 3.63) is 99.2 Å². The van der Waals surface area contributed by atoms with Crippen LogP contribution in [0.25, 0.3) is 0 Å². The minimum absolute atomic E-state index is 0.129. The lowest BCUT2D eigenvalue weighted by molar-refractivity contribution is -0.384. The number of hydrogen-bond acceptors (Lipinski definition) is 5. The molecule has 146 valence electrons. The van der Waals surface area contributed by atoms with Crippen LogP contribution in [0, 0.1) is 10.1 Å². The average molecular weight is 386 g/mol. The highest BCUT2D eigenvalue weighted by Gasteiger charge is 2.23. The van der Waals surface area contributed by atoms with Gasteiger partial charge in [-0.05, 0) is 17.2 Å². The molecule has 3 rings (SSSR count). The lowest BCUT2D eigenvalue weighted by atomic mass is 10.0. The van der Waals surface area contributed by atoms with Crippen LogP contribution in [0.5, 0.6) is 0 Å². The van der Waals surface area contributed by atoms with Crippen LogP contribution >= 0.6 is 0 Å². The lowest BCUT2D eigenvalue weighted by Gasteiger charge is -2.08. The summed E-state index contributed by atoms with van der Waals surface area (Å²) in [7, 11) is 0. The molecule has 0 amide bonds. The summed E-state index contributed by atoms with van der Waals surface area (Å²) in [5, 5.41) is 11.0. The average Bonchev–Trinajstić information content (AvgIpc) is 2.69. The Labute approximate surface area is 161 Å². The number of rotatable bonds is 5. The number of halogens is 2. The Morgan fingerprint density at radius 3 is 1.96 bits per heavy atom. The predicted octanol–water partition coefficient (Wildman–Crippen LogP) is 4.25. The molecule has 0 radical (unpaired) electrons. The highest BCUT2D eigenvalue weighted by molar-refractivity contribution is 5.59. The minimum atomic E-state index is -2.83. The van der Waals surface area contributed by atoms with Crippen molar-refractivity contribution in [3.63, 3.8) is 0 Å². The molecule has 28 heavy (non-hydrogen) atoms. The molecule has 0 aliphatic rings. The molecule has 0 spiro atoms. The van der Waals surface area contributed by atoms with E-state index < -0.39 is 28.5 Å². The zero-order chi connectivity index (χ0) is 20.5. The second kappa shape index (κ2) is 10.1. The van der Waals surface area contributed by atoms with Crippen molar-refractivity contribution in [1.29, 1.82) is 0 Å². The van der Waals surface area contributed by atoms with Gasteiger partial charge in [-0.2, -0.15) is 0 Å². The van der Waals surface area contributed by atoms with Gasteiger partial charge in [0.25, 0.3) is 6.43 Å². The van der Waals surface area contributed by atoms with E-state index in [9.17, 15) is 18.9 Å². The fourth-order valence-corrected chi connectivity index (χ4v) is 2.52. The van der Waals surface area contributed by atoms with Crippen LogP contribution in [0.2, 0.25) is 0 Å². The van der Waals surface area contributed by atoms with E-state index in [1.807, 2.05) is 30.3 Å². The second-order valence-corrected chi connectivity index (χ2v) is 5.85. The normalized spacial score (nSPS) is 10.3. The lowest BCUT2D eigenvalue weighted by Crippen LogP contribution is -2.06. The molecule has 3 aromatic rings. The number of nitrogen functional groups attached to an aromatic ring is 1. The molecule has 0 aliphatic heterocycles. The standard InChI is InChI=1S/C13H11F2N3O2.C7H9N/c14-12(15)10-7-9(6-8-4-2-1-3-5-8)11(18(19)20)13(16)17-10;8-6-7-4-2-1-3-5-7/h1-5,7,12H,6H2,(H2,16,17);1-5H,6,8H2. The van der Waals surface area contributed by atoms with Crippen molar-refractivity contribution >= 4 is 11.5 Å². The van der Waals surface area contributed by atoms with Gasteiger partial charge >= 0.3 is 5.69 Å². The molecule has 2 aromatic carbocycles. The summed E-state index contributed by atoms with van der Waals surface area (Å²) in [6, 6.07) is 19.9. The number of pyridine rings is 1. The molecule has 0 unspecified atom stereocenters. The molecule has 0 saturated heterocycles. The van der Waals surface area contributed by atoms with E-state index in [-0.39, 0.29) is 12.0 Å². The summed E-state index contributed by atoms with van der Waals surface area (Å²) in [6.07, 6.45) is -2.68. The number of benzene rings is 2. The Morgan fingerprint density at radius 1 is 1.00 bits per heavy atom. The second-order valence-electron chi connectivity index (χ2n) is 5.85. The van der Waals surface area contributed by atoms with E-state index in [1.165, 1.54) is 5.56 Å². The van der Waals surface area contributed by atoms with Gasteiger partial charge in [-0.3, -0.25) is 10.1 Å². The summed E-state index contributed by atoms with van der Waals surface area (Å²) in [6.45, 7) is 0.640. The first-order valence-corrected chi connectivity index (χ1v) is 8.42. The topological polar surface area (TPSA) is 108 Å². The van der Waals surface area contributed by atoms with Crippen molar-refractivity contribution in [3.8, 4) is 0 Å². The zero-order valence-electron chi connectivity index (χ0n) is 15.0. The highest BCUT2D eigenvalue weighted by atomic mass is 19.3. The molecule has 0 aliphatic carbocycles. The fourth-order valence-electron chi connectivity index (χ4n) is 2.52. The van der Waals surface area contributed by atoms with Crippen molar-refractivity contribution in [2.45, 2.75) is 19.4 Å². The quantitative estimate of drug-likeness (QED) is 0.503. The molecule has 0 fully saturated rings. The van der Waals surface area contributed by atoms with Gasteiger partial charge in [0.15, 0.2) is 0 Å². The molecule has 6 nitrogen and oxygen atoms in total. The Morgan fingerprint density at radius 2 is 1.54 bits per heavy atom. The van der Waals surface area contributed by atoms with E-state index in [2.05, 4.69) is 4.98 Å². The molecular formula is C20H20F2N4O2. The summed E-state index contributed by atoms with van der Waals surface area (Å²) >= 11 is 0.